The molecule has 0 atom stereocenters. The number of halogens is 3. The summed E-state index contributed by atoms with van der Waals surface area (Å²) in [6, 6.07) is 12.8. The van der Waals surface area contributed by atoms with Crippen LogP contribution in [-0.2, 0) is 35.2 Å². The van der Waals surface area contributed by atoms with Gasteiger partial charge in [0, 0.05) is 52.9 Å². The van der Waals surface area contributed by atoms with Crippen molar-refractivity contribution in [3.8, 4) is 88.9 Å². The summed E-state index contributed by atoms with van der Waals surface area (Å²) in [6.07, 6.45) is -0.209. The van der Waals surface area contributed by atoms with Crippen molar-refractivity contribution in [2.75, 3.05) is 26.4 Å². The van der Waals surface area contributed by atoms with Gasteiger partial charge in [0.25, 0.3) is 12.9 Å². The Labute approximate surface area is 390 Å². The van der Waals surface area contributed by atoms with E-state index in [4.69, 9.17) is 38.9 Å². The second-order valence-electron chi connectivity index (χ2n) is 12.7. The zero-order valence-corrected chi connectivity index (χ0v) is 37.1. The van der Waals surface area contributed by atoms with E-state index in [1.54, 1.807) is 29.7 Å². The normalized spacial score (nSPS) is 12.1. The molecule has 2 aliphatic heterocycles. The molecule has 17 nitrogen and oxygen atoms in total. The van der Waals surface area contributed by atoms with E-state index in [2.05, 4.69) is 42.4 Å². The van der Waals surface area contributed by atoms with E-state index in [1.807, 2.05) is 6.92 Å². The minimum absolute atomic E-state index is 0. The van der Waals surface area contributed by atoms with Crippen LogP contribution in [0.2, 0.25) is 0 Å². The van der Waals surface area contributed by atoms with Crippen molar-refractivity contribution in [3.05, 3.63) is 94.7 Å². The van der Waals surface area contributed by atoms with Gasteiger partial charge in [-0.25, -0.2) is 9.78 Å². The first kappa shape index (κ1) is 47.5. The molecule has 332 valence electrons. The number of thiocarbonyl (C=S) groups is 1. The Balaban J connectivity index is 0.000000205. The molecule has 0 fully saturated rings. The second kappa shape index (κ2) is 21.1. The fourth-order valence-corrected chi connectivity index (χ4v) is 8.39. The van der Waals surface area contributed by atoms with Crippen LogP contribution < -0.4 is 33.5 Å². The van der Waals surface area contributed by atoms with E-state index in [9.17, 15) is 27.6 Å². The Kier molecular flexibility index (Phi) is 15.5. The number of carboxylic acids is 1. The van der Waals surface area contributed by atoms with Gasteiger partial charge in [-0.2, -0.15) is 18.3 Å². The standard InChI is InChI=1S/C22H15F3N3O4S2.C18H11N3O6.CNS.Ru/c1-10-15-16(30-5-4-29-15)20(33-10)21-18-17(31-6-7-32-18)19(34-21)11-2-3-12(26-9-11)13-8-14(28-27-13)22(23,24)25;22-9-26-12-2-4-20-15(6-12)17-8-13(27-10-23)7-16(21-17)14-5-11(18(24)25)1-3-19-14;2-1-3;/h2-3,8-9H,4-7H2,1H3;1-10H,(H,24,25);;/q-1;;-1;+2. The number of carbonyl (C=O) groups excluding carboxylic acids is 2. The Hall–Kier alpha value is -6.97. The van der Waals surface area contributed by atoms with E-state index in [0.29, 0.717) is 60.8 Å². The number of rotatable bonds is 10. The number of carbonyl (C=O) groups is 3. The summed E-state index contributed by atoms with van der Waals surface area (Å²) in [6.45, 7) is 4.34. The largest absolute Gasteiger partial charge is 2.00 e. The van der Waals surface area contributed by atoms with Crippen molar-refractivity contribution in [2.24, 2.45) is 0 Å². The molecule has 0 aliphatic carbocycles. The number of pyridine rings is 4. The van der Waals surface area contributed by atoms with Crippen LogP contribution in [0.1, 0.15) is 20.9 Å². The van der Waals surface area contributed by atoms with Crippen LogP contribution in [0.3, 0.4) is 0 Å². The third kappa shape index (κ3) is 10.9. The molecule has 0 radical (unpaired) electrons. The Morgan fingerprint density at radius 1 is 0.785 bits per heavy atom. The maximum Gasteiger partial charge on any atom is 2.00 e. The average molecular weight is 1030 g/mol. The maximum atomic E-state index is 12.8. The molecule has 0 spiro atoms. The van der Waals surface area contributed by atoms with Gasteiger partial charge in [-0.1, -0.05) is 17.9 Å². The number of isothiocyanates is 1. The van der Waals surface area contributed by atoms with Crippen LogP contribution >= 0.6 is 34.9 Å². The molecular formula is C41H26F3N7O10RuS3. The zero-order valence-electron chi connectivity index (χ0n) is 32.9. The molecule has 0 bridgehead atoms. The summed E-state index contributed by atoms with van der Waals surface area (Å²) in [7, 11) is 0. The van der Waals surface area contributed by atoms with Crippen LogP contribution in [0.4, 0.5) is 13.2 Å². The first-order valence-electron chi connectivity index (χ1n) is 18.2. The van der Waals surface area contributed by atoms with Gasteiger partial charge in [-0.15, -0.1) is 22.7 Å². The number of aryl methyl sites for hydroxylation is 1. The molecule has 7 aromatic rings. The minimum Gasteiger partial charge on any atom is -0.753 e. The SMILES string of the molecule is Cc1sc(-c2sc(-c3ccc(-c4cc(C(F)(F)F)n[n-]4)nc3)c3c2OCCO3)c2c1OCCO2.O=COc1ccnc(-c2cc(OC=O)cc(-c3cc(C(=O)O)ccn3)n2)c1.[N-]=C=S.[Ru+2]. The number of hydrogen-bond donors (Lipinski definition) is 1. The number of thiophene rings is 2. The number of alkyl halides is 3. The first-order valence-corrected chi connectivity index (χ1v) is 20.2. The van der Waals surface area contributed by atoms with Crippen LogP contribution in [-0.4, -0.2) is 80.6 Å². The summed E-state index contributed by atoms with van der Waals surface area (Å²) in [5.74, 6) is 2.03. The smallest absolute Gasteiger partial charge is 0.753 e. The molecule has 65 heavy (non-hydrogen) atoms. The van der Waals surface area contributed by atoms with Crippen molar-refractivity contribution < 1.29 is 80.6 Å². The Morgan fingerprint density at radius 2 is 1.34 bits per heavy atom. The van der Waals surface area contributed by atoms with Crippen LogP contribution in [0.5, 0.6) is 34.5 Å². The first-order chi connectivity index (χ1) is 30.9. The summed E-state index contributed by atoms with van der Waals surface area (Å²) in [4.78, 5) is 53.0. The van der Waals surface area contributed by atoms with Crippen molar-refractivity contribution in [3.63, 3.8) is 0 Å². The summed E-state index contributed by atoms with van der Waals surface area (Å²) < 4.78 is 71.9. The van der Waals surface area contributed by atoms with Gasteiger partial charge in [0.1, 0.15) is 43.6 Å². The number of hydrogen-bond acceptors (Lipinski definition) is 17. The van der Waals surface area contributed by atoms with Crippen LogP contribution in [0.15, 0.2) is 73.2 Å². The molecule has 0 unspecified atom stereocenters. The van der Waals surface area contributed by atoms with Crippen LogP contribution in [0.25, 0.3) is 59.8 Å². The van der Waals surface area contributed by atoms with Gasteiger partial charge in [0.05, 0.1) is 43.0 Å². The molecule has 0 aromatic carbocycles. The third-order valence-electron chi connectivity index (χ3n) is 8.72. The fourth-order valence-electron chi connectivity index (χ4n) is 6.05. The van der Waals surface area contributed by atoms with E-state index >= 15 is 0 Å². The Bertz CT molecular complexity index is 2890. The number of fused-ring (bicyclic) bond motifs is 2. The second-order valence-corrected chi connectivity index (χ2v) is 15.1. The van der Waals surface area contributed by atoms with Gasteiger partial charge in [0.2, 0.25) is 0 Å². The van der Waals surface area contributed by atoms with Gasteiger partial charge >= 0.3 is 31.6 Å². The number of nitrogens with zero attached hydrogens (tertiary/aromatic N) is 7. The average Bonchev–Trinajstić information content (AvgIpc) is 4.04. The van der Waals surface area contributed by atoms with E-state index in [0.717, 1.165) is 36.9 Å². The molecular weight excluding hydrogens is 1000 g/mol. The molecule has 0 saturated carbocycles. The predicted octanol–water partition coefficient (Wildman–Crippen LogP) is 8.06. The summed E-state index contributed by atoms with van der Waals surface area (Å²) in [5, 5.41) is 24.4. The molecule has 24 heteroatoms. The van der Waals surface area contributed by atoms with Gasteiger partial charge in [-0.3, -0.25) is 24.5 Å². The maximum absolute atomic E-state index is 12.8. The predicted molar refractivity (Wildman–Crippen MR) is 226 cm³/mol. The molecule has 0 saturated heterocycles. The molecule has 9 rings (SSSR count). The van der Waals surface area contributed by atoms with E-state index < -0.39 is 17.8 Å². The Morgan fingerprint density at radius 3 is 1.92 bits per heavy atom. The monoisotopic (exact) mass is 1030 g/mol. The number of carboxylic acid groups (broad SMARTS) is 1. The fraction of sp³-hybridized carbons (Fsp3) is 0.146. The van der Waals surface area contributed by atoms with E-state index in [-0.39, 0.29) is 66.6 Å². The van der Waals surface area contributed by atoms with Gasteiger partial charge in [-0.05, 0) is 43.3 Å². The molecule has 0 amide bonds. The molecule has 2 aliphatic rings. The van der Waals surface area contributed by atoms with E-state index in [1.165, 1.54) is 65.3 Å². The topological polar surface area (TPSA) is 228 Å². The van der Waals surface area contributed by atoms with Crippen molar-refractivity contribution in [1.29, 1.82) is 0 Å². The summed E-state index contributed by atoms with van der Waals surface area (Å²) >= 11 is 6.75. The quantitative estimate of drug-likeness (QED) is 0.0591. The molecule has 9 heterocycles. The molecule has 7 aromatic heterocycles. The van der Waals surface area contributed by atoms with Crippen LogP contribution in [0, 0.1) is 6.92 Å². The number of ether oxygens (including phenoxy) is 6. The molecule has 1 N–H and O–H groups in total. The summed E-state index contributed by atoms with van der Waals surface area (Å²) in [5.41, 5.74) is 1.29. The number of aromatic carboxylic acids is 1. The minimum atomic E-state index is -4.55. The zero-order chi connectivity index (χ0) is 45.4. The van der Waals surface area contributed by atoms with Gasteiger partial charge in [0.15, 0.2) is 23.0 Å². The number of aromatic nitrogens is 6. The van der Waals surface area contributed by atoms with Crippen molar-refractivity contribution >= 4 is 59.0 Å². The van der Waals surface area contributed by atoms with Gasteiger partial charge < -0.3 is 49.1 Å². The van der Waals surface area contributed by atoms with Crippen molar-refractivity contribution in [2.45, 2.75) is 13.1 Å². The van der Waals surface area contributed by atoms with Crippen molar-refractivity contribution in [1.82, 2.24) is 30.1 Å². The third-order valence-corrected chi connectivity index (χ3v) is 11.1.